The van der Waals surface area contributed by atoms with E-state index in [1.54, 1.807) is 0 Å². The second-order valence-corrected chi connectivity index (χ2v) is 11.6. The van der Waals surface area contributed by atoms with Crippen LogP contribution in [0.15, 0.2) is 56.2 Å². The standard InChI is InChI=1S/C14H25N.C9H10.C8H19N.C3H6.C2H4/c1-11(2)10-14(8-9-14)13-7-5-6-12(3)15(13)4;1-3-9-6-4-8(2)5-7-9;1-4-7-9(6-3)8-5-2;1-2-3-1;1-2/h12-13H,1,5-10H2,2-4H3;3-7H,1H2,2H3;4-8H2,1-3H3;1-3H2;1-2H2. The number of benzene rings is 1. The molecule has 0 N–H and O–H groups in total. The van der Waals surface area contributed by atoms with Gasteiger partial charge >= 0.3 is 0 Å². The fourth-order valence-corrected chi connectivity index (χ4v) is 5.21. The van der Waals surface area contributed by atoms with Crippen LogP contribution < -0.4 is 0 Å². The van der Waals surface area contributed by atoms with E-state index in [2.05, 4.69) is 109 Å². The molecule has 0 bridgehead atoms. The average molecular weight is 525 g/mol. The Kier molecular flexibility index (Phi) is 20.3. The number of aryl methyl sites for hydroxylation is 1. The van der Waals surface area contributed by atoms with Crippen LogP contribution in [0.1, 0.15) is 116 Å². The topological polar surface area (TPSA) is 6.48 Å². The van der Waals surface area contributed by atoms with Gasteiger partial charge in [-0.3, -0.25) is 0 Å². The van der Waals surface area contributed by atoms with E-state index in [-0.39, 0.29) is 0 Å². The van der Waals surface area contributed by atoms with Crippen molar-refractivity contribution >= 4 is 6.08 Å². The predicted octanol–water partition coefficient (Wildman–Crippen LogP) is 10.3. The fraction of sp³-hybridized carbons (Fsp3) is 0.667. The molecule has 0 spiro atoms. The van der Waals surface area contributed by atoms with Crippen molar-refractivity contribution < 1.29 is 0 Å². The molecule has 0 radical (unpaired) electrons. The van der Waals surface area contributed by atoms with Gasteiger partial charge in [-0.25, -0.2) is 0 Å². The lowest BCUT2D eigenvalue weighted by Crippen LogP contribution is -2.47. The first kappa shape index (κ1) is 36.4. The van der Waals surface area contributed by atoms with Crippen LogP contribution >= 0.6 is 0 Å². The Morgan fingerprint density at radius 3 is 1.87 bits per heavy atom. The van der Waals surface area contributed by atoms with Gasteiger partial charge in [0.1, 0.15) is 0 Å². The van der Waals surface area contributed by atoms with Crippen molar-refractivity contribution in [2.24, 2.45) is 5.41 Å². The molecule has 2 heteroatoms. The molecule has 1 aromatic rings. The molecule has 1 aliphatic heterocycles. The molecule has 1 saturated heterocycles. The van der Waals surface area contributed by atoms with Gasteiger partial charge in [0, 0.05) is 12.1 Å². The number of piperidine rings is 1. The van der Waals surface area contributed by atoms with Crippen molar-refractivity contribution in [1.82, 2.24) is 9.80 Å². The summed E-state index contributed by atoms with van der Waals surface area (Å²) in [6.45, 7) is 30.8. The highest BCUT2D eigenvalue weighted by Crippen LogP contribution is 2.56. The van der Waals surface area contributed by atoms with Gasteiger partial charge in [0.2, 0.25) is 0 Å². The predicted molar refractivity (Wildman–Crippen MR) is 175 cm³/mol. The molecule has 3 aliphatic rings. The van der Waals surface area contributed by atoms with Gasteiger partial charge < -0.3 is 9.80 Å². The molecule has 38 heavy (non-hydrogen) atoms. The summed E-state index contributed by atoms with van der Waals surface area (Å²) in [4.78, 5) is 5.12. The maximum absolute atomic E-state index is 4.10. The molecule has 218 valence electrons. The minimum Gasteiger partial charge on any atom is -0.304 e. The van der Waals surface area contributed by atoms with Crippen molar-refractivity contribution in [3.05, 3.63) is 67.3 Å². The van der Waals surface area contributed by atoms with Crippen molar-refractivity contribution in [3.63, 3.8) is 0 Å². The van der Waals surface area contributed by atoms with E-state index in [9.17, 15) is 0 Å². The summed E-state index contributed by atoms with van der Waals surface area (Å²) < 4.78 is 0. The molecule has 1 heterocycles. The molecule has 2 nitrogen and oxygen atoms in total. The van der Waals surface area contributed by atoms with Crippen LogP contribution in [0.5, 0.6) is 0 Å². The van der Waals surface area contributed by atoms with E-state index < -0.39 is 0 Å². The zero-order valence-corrected chi connectivity index (χ0v) is 26.7. The van der Waals surface area contributed by atoms with Gasteiger partial charge in [-0.15, -0.1) is 19.7 Å². The summed E-state index contributed by atoms with van der Waals surface area (Å²) in [5, 5.41) is 0. The molecule has 2 saturated carbocycles. The zero-order chi connectivity index (χ0) is 29.0. The largest absolute Gasteiger partial charge is 0.304 e. The lowest BCUT2D eigenvalue weighted by Gasteiger charge is -2.43. The molecule has 2 atom stereocenters. The summed E-state index contributed by atoms with van der Waals surface area (Å²) in [7, 11) is 2.33. The minimum atomic E-state index is 0.620. The number of hydrogen-bond donors (Lipinski definition) is 0. The van der Waals surface area contributed by atoms with Crippen molar-refractivity contribution in [3.8, 4) is 0 Å². The van der Waals surface area contributed by atoms with Crippen LogP contribution in [0.4, 0.5) is 0 Å². The maximum atomic E-state index is 4.10. The molecule has 0 amide bonds. The smallest absolute Gasteiger partial charge is 0.0154 e. The molecule has 3 fully saturated rings. The third-order valence-electron chi connectivity index (χ3n) is 7.73. The Labute approximate surface area is 239 Å². The van der Waals surface area contributed by atoms with Crippen LogP contribution in [0, 0.1) is 12.3 Å². The molecule has 0 aromatic heterocycles. The maximum Gasteiger partial charge on any atom is 0.0154 e. The highest BCUT2D eigenvalue weighted by atomic mass is 15.2. The van der Waals surface area contributed by atoms with E-state index in [1.165, 1.54) is 107 Å². The average Bonchev–Trinajstić information content (AvgIpc) is 3.84. The first-order valence-corrected chi connectivity index (χ1v) is 15.5. The van der Waals surface area contributed by atoms with Gasteiger partial charge in [0.05, 0.1) is 0 Å². The fourth-order valence-electron chi connectivity index (χ4n) is 5.21. The van der Waals surface area contributed by atoms with Crippen molar-refractivity contribution in [2.45, 2.75) is 124 Å². The molecule has 4 rings (SSSR count). The zero-order valence-electron chi connectivity index (χ0n) is 26.7. The summed E-state index contributed by atoms with van der Waals surface area (Å²) in [5.74, 6) is 0. The van der Waals surface area contributed by atoms with Gasteiger partial charge in [-0.05, 0) is 103 Å². The highest BCUT2D eigenvalue weighted by molar-refractivity contribution is 5.46. The van der Waals surface area contributed by atoms with E-state index in [0.29, 0.717) is 5.41 Å². The van der Waals surface area contributed by atoms with Crippen molar-refractivity contribution in [1.29, 1.82) is 0 Å². The summed E-state index contributed by atoms with van der Waals surface area (Å²) in [6, 6.07) is 9.89. The Morgan fingerprint density at radius 1 is 0.974 bits per heavy atom. The third kappa shape index (κ3) is 15.7. The van der Waals surface area contributed by atoms with E-state index >= 15 is 0 Å². The number of nitrogens with zero attached hydrogens (tertiary/aromatic N) is 2. The lowest BCUT2D eigenvalue weighted by molar-refractivity contribution is 0.0710. The van der Waals surface area contributed by atoms with Gasteiger partial charge in [0.25, 0.3) is 0 Å². The van der Waals surface area contributed by atoms with Gasteiger partial charge in [-0.2, -0.15) is 0 Å². The Balaban J connectivity index is 0.000000516. The third-order valence-corrected chi connectivity index (χ3v) is 7.73. The highest BCUT2D eigenvalue weighted by Gasteiger charge is 2.51. The second-order valence-electron chi connectivity index (χ2n) is 11.6. The molecule has 2 aliphatic carbocycles. The first-order chi connectivity index (χ1) is 18.2. The van der Waals surface area contributed by atoms with E-state index in [4.69, 9.17) is 0 Å². The SMILES string of the molecule is C1CC1.C=C.C=C(C)CC1(C2CCCC(C)N2C)CC1.C=Cc1ccc(C)cc1.CCCN(CC)CCC. The monoisotopic (exact) mass is 525 g/mol. The Morgan fingerprint density at radius 2 is 1.50 bits per heavy atom. The van der Waals surface area contributed by atoms with Gasteiger partial charge in [0.15, 0.2) is 0 Å². The first-order valence-electron chi connectivity index (χ1n) is 15.5. The molecular formula is C36H64N2. The summed E-state index contributed by atoms with van der Waals surface area (Å²) in [6.07, 6.45) is 17.3. The van der Waals surface area contributed by atoms with Crippen LogP contribution in [-0.2, 0) is 0 Å². The number of allylic oxidation sites excluding steroid dienone is 1. The number of likely N-dealkylation sites (tertiary alicyclic amines) is 1. The molecular weight excluding hydrogens is 460 g/mol. The molecule has 2 unspecified atom stereocenters. The number of hydrogen-bond acceptors (Lipinski definition) is 2. The summed E-state index contributed by atoms with van der Waals surface area (Å²) >= 11 is 0. The Bertz CT molecular complexity index is 719. The quantitative estimate of drug-likeness (QED) is 0.296. The number of rotatable bonds is 9. The normalized spacial score (nSPS) is 20.5. The second kappa shape index (κ2) is 21.2. The summed E-state index contributed by atoms with van der Waals surface area (Å²) in [5.41, 5.74) is 4.47. The van der Waals surface area contributed by atoms with Crippen LogP contribution in [0.3, 0.4) is 0 Å². The molecule has 1 aromatic carbocycles. The van der Waals surface area contributed by atoms with Crippen molar-refractivity contribution in [2.75, 3.05) is 26.7 Å². The Hall–Kier alpha value is -1.64. The van der Waals surface area contributed by atoms with E-state index in [0.717, 1.165) is 12.1 Å². The lowest BCUT2D eigenvalue weighted by atomic mass is 9.82. The van der Waals surface area contributed by atoms with Crippen LogP contribution in [0.25, 0.3) is 6.08 Å². The van der Waals surface area contributed by atoms with Gasteiger partial charge in [-0.1, -0.05) is 94.5 Å². The van der Waals surface area contributed by atoms with Crippen LogP contribution in [-0.4, -0.2) is 48.6 Å². The van der Waals surface area contributed by atoms with Crippen LogP contribution in [0.2, 0.25) is 0 Å². The van der Waals surface area contributed by atoms with E-state index in [1.807, 2.05) is 6.08 Å². The minimum absolute atomic E-state index is 0.620.